The molecule has 1 aromatic rings. The van der Waals surface area contributed by atoms with E-state index in [1.165, 1.54) is 30.2 Å². The molecule has 0 aromatic carbocycles. The standard InChI is InChI=1S/C16H25NO2S/c1-4-5-6-9-17(13(2)3)11-15-10-14(12-20-15)7-8-16(18)19/h7-8,10,12-13H,4-6,9,11H2,1-3H3,(H,18,19). The molecule has 0 unspecified atom stereocenters. The number of thiophene rings is 1. The van der Waals surface area contributed by atoms with Crippen LogP contribution in [0, 0.1) is 0 Å². The number of nitrogens with zero attached hydrogens (tertiary/aromatic N) is 1. The Morgan fingerprint density at radius 1 is 1.45 bits per heavy atom. The third-order valence-corrected chi connectivity index (χ3v) is 4.17. The molecule has 1 aromatic heterocycles. The molecule has 3 nitrogen and oxygen atoms in total. The normalized spacial score (nSPS) is 11.8. The molecule has 4 heteroatoms. The summed E-state index contributed by atoms with van der Waals surface area (Å²) in [6.07, 6.45) is 6.60. The maximum Gasteiger partial charge on any atom is 0.328 e. The SMILES string of the molecule is CCCCCN(Cc1cc(C=CC(=O)O)cs1)C(C)C. The lowest BCUT2D eigenvalue weighted by molar-refractivity contribution is -0.131. The molecular weight excluding hydrogens is 270 g/mol. The largest absolute Gasteiger partial charge is 0.478 e. The van der Waals surface area contributed by atoms with Gasteiger partial charge in [-0.3, -0.25) is 4.90 Å². The average Bonchev–Trinajstić information content (AvgIpc) is 2.83. The number of unbranched alkanes of at least 4 members (excludes halogenated alkanes) is 2. The van der Waals surface area contributed by atoms with E-state index < -0.39 is 5.97 Å². The first-order valence-electron chi connectivity index (χ1n) is 7.25. The summed E-state index contributed by atoms with van der Waals surface area (Å²) in [6.45, 7) is 8.76. The number of carboxylic acid groups (broad SMARTS) is 1. The van der Waals surface area contributed by atoms with Crippen LogP contribution in [0.3, 0.4) is 0 Å². The molecule has 0 atom stereocenters. The Bertz CT molecular complexity index is 437. The van der Waals surface area contributed by atoms with Crippen molar-refractivity contribution in [2.75, 3.05) is 6.54 Å². The van der Waals surface area contributed by atoms with Gasteiger partial charge >= 0.3 is 5.97 Å². The third kappa shape index (κ3) is 6.35. The first-order chi connectivity index (χ1) is 9.52. The third-order valence-electron chi connectivity index (χ3n) is 3.23. The van der Waals surface area contributed by atoms with E-state index in [9.17, 15) is 4.79 Å². The maximum atomic E-state index is 10.5. The van der Waals surface area contributed by atoms with E-state index in [4.69, 9.17) is 5.11 Å². The summed E-state index contributed by atoms with van der Waals surface area (Å²) in [5, 5.41) is 10.6. The number of aliphatic carboxylic acids is 1. The van der Waals surface area contributed by atoms with Gasteiger partial charge in [-0.1, -0.05) is 19.8 Å². The molecule has 0 fully saturated rings. The molecule has 0 amide bonds. The molecule has 0 aliphatic rings. The van der Waals surface area contributed by atoms with Crippen LogP contribution in [0.1, 0.15) is 50.5 Å². The average molecular weight is 295 g/mol. The van der Waals surface area contributed by atoms with Crippen molar-refractivity contribution in [2.24, 2.45) is 0 Å². The lowest BCUT2D eigenvalue weighted by Gasteiger charge is -2.25. The summed E-state index contributed by atoms with van der Waals surface area (Å²) in [5.41, 5.74) is 0.977. The number of carboxylic acids is 1. The van der Waals surface area contributed by atoms with Crippen molar-refractivity contribution in [1.82, 2.24) is 4.90 Å². The van der Waals surface area contributed by atoms with Crippen LogP contribution in [0.5, 0.6) is 0 Å². The molecular formula is C16H25NO2S. The summed E-state index contributed by atoms with van der Waals surface area (Å²) in [5.74, 6) is -0.902. The summed E-state index contributed by atoms with van der Waals surface area (Å²) in [4.78, 5) is 14.3. The second kappa shape index (κ2) is 8.93. The summed E-state index contributed by atoms with van der Waals surface area (Å²) in [7, 11) is 0. The number of hydrogen-bond acceptors (Lipinski definition) is 3. The fraction of sp³-hybridized carbons (Fsp3) is 0.562. The van der Waals surface area contributed by atoms with Crippen molar-refractivity contribution in [3.63, 3.8) is 0 Å². The zero-order valence-corrected chi connectivity index (χ0v) is 13.4. The highest BCUT2D eigenvalue weighted by molar-refractivity contribution is 7.10. The molecule has 0 aliphatic heterocycles. The van der Waals surface area contributed by atoms with E-state index in [-0.39, 0.29) is 0 Å². The molecule has 0 spiro atoms. The minimum absolute atomic E-state index is 0.534. The van der Waals surface area contributed by atoms with Gasteiger partial charge in [-0.25, -0.2) is 4.79 Å². The van der Waals surface area contributed by atoms with Crippen molar-refractivity contribution in [2.45, 2.75) is 52.6 Å². The smallest absolute Gasteiger partial charge is 0.328 e. The van der Waals surface area contributed by atoms with Crippen LogP contribution in [0.15, 0.2) is 17.5 Å². The van der Waals surface area contributed by atoms with Crippen molar-refractivity contribution in [3.05, 3.63) is 28.0 Å². The molecule has 1 heterocycles. The molecule has 1 N–H and O–H groups in total. The number of rotatable bonds is 9. The quantitative estimate of drug-likeness (QED) is 0.547. The topological polar surface area (TPSA) is 40.5 Å². The molecule has 0 aliphatic carbocycles. The van der Waals surface area contributed by atoms with Crippen molar-refractivity contribution < 1.29 is 9.90 Å². The van der Waals surface area contributed by atoms with Crippen LogP contribution in [-0.4, -0.2) is 28.6 Å². The second-order valence-corrected chi connectivity index (χ2v) is 6.29. The van der Waals surface area contributed by atoms with Gasteiger partial charge < -0.3 is 5.11 Å². The van der Waals surface area contributed by atoms with Crippen molar-refractivity contribution in [1.29, 1.82) is 0 Å². The summed E-state index contributed by atoms with van der Waals surface area (Å²) in [6, 6.07) is 2.62. The van der Waals surface area contributed by atoms with Crippen LogP contribution < -0.4 is 0 Å². The second-order valence-electron chi connectivity index (χ2n) is 5.29. The highest BCUT2D eigenvalue weighted by Gasteiger charge is 2.10. The monoisotopic (exact) mass is 295 g/mol. The molecule has 1 rings (SSSR count). The molecule has 20 heavy (non-hydrogen) atoms. The van der Waals surface area contributed by atoms with Gasteiger partial charge in [0, 0.05) is 23.5 Å². The van der Waals surface area contributed by atoms with Crippen LogP contribution in [0.4, 0.5) is 0 Å². The molecule has 0 saturated heterocycles. The van der Waals surface area contributed by atoms with E-state index in [1.54, 1.807) is 17.4 Å². The molecule has 0 saturated carbocycles. The van der Waals surface area contributed by atoms with Gasteiger partial charge in [-0.2, -0.15) is 0 Å². The minimum Gasteiger partial charge on any atom is -0.478 e. The fourth-order valence-corrected chi connectivity index (χ4v) is 2.90. The van der Waals surface area contributed by atoms with Crippen molar-refractivity contribution in [3.8, 4) is 0 Å². The fourth-order valence-electron chi connectivity index (χ4n) is 2.02. The van der Waals surface area contributed by atoms with Gasteiger partial charge in [-0.15, -0.1) is 11.3 Å². The van der Waals surface area contributed by atoms with Gasteiger partial charge in [0.1, 0.15) is 0 Å². The van der Waals surface area contributed by atoms with Gasteiger partial charge in [-0.05, 0) is 49.9 Å². The lowest BCUT2D eigenvalue weighted by Crippen LogP contribution is -2.30. The first kappa shape index (κ1) is 16.9. The van der Waals surface area contributed by atoms with Crippen LogP contribution in [0.25, 0.3) is 6.08 Å². The van der Waals surface area contributed by atoms with Crippen LogP contribution >= 0.6 is 11.3 Å². The number of carbonyl (C=O) groups is 1. The highest BCUT2D eigenvalue weighted by Crippen LogP contribution is 2.19. The minimum atomic E-state index is -0.902. The Morgan fingerprint density at radius 2 is 2.20 bits per heavy atom. The summed E-state index contributed by atoms with van der Waals surface area (Å²) < 4.78 is 0. The van der Waals surface area contributed by atoms with Gasteiger partial charge in [0.05, 0.1) is 0 Å². The number of hydrogen-bond donors (Lipinski definition) is 1. The van der Waals surface area contributed by atoms with E-state index in [0.717, 1.165) is 18.7 Å². The highest BCUT2D eigenvalue weighted by atomic mass is 32.1. The Morgan fingerprint density at radius 3 is 2.80 bits per heavy atom. The predicted molar refractivity (Wildman–Crippen MR) is 86.1 cm³/mol. The van der Waals surface area contributed by atoms with E-state index >= 15 is 0 Å². The zero-order chi connectivity index (χ0) is 15.0. The van der Waals surface area contributed by atoms with E-state index in [1.807, 2.05) is 5.38 Å². The van der Waals surface area contributed by atoms with E-state index in [2.05, 4.69) is 31.7 Å². The maximum absolute atomic E-state index is 10.5. The lowest BCUT2D eigenvalue weighted by atomic mass is 10.2. The van der Waals surface area contributed by atoms with Crippen LogP contribution in [0.2, 0.25) is 0 Å². The molecule has 112 valence electrons. The Labute approximate surface area is 125 Å². The Kier molecular flexibility index (Phi) is 7.55. The first-order valence-corrected chi connectivity index (χ1v) is 8.13. The van der Waals surface area contributed by atoms with Crippen molar-refractivity contribution >= 4 is 23.4 Å². The summed E-state index contributed by atoms with van der Waals surface area (Å²) >= 11 is 1.70. The van der Waals surface area contributed by atoms with Gasteiger partial charge in [0.25, 0.3) is 0 Å². The zero-order valence-electron chi connectivity index (χ0n) is 12.6. The van der Waals surface area contributed by atoms with Crippen LogP contribution in [-0.2, 0) is 11.3 Å². The Hall–Kier alpha value is -1.13. The van der Waals surface area contributed by atoms with Gasteiger partial charge in [0.15, 0.2) is 0 Å². The molecule has 0 radical (unpaired) electrons. The predicted octanol–water partition coefficient (Wildman–Crippen LogP) is 4.25. The van der Waals surface area contributed by atoms with Gasteiger partial charge in [0.2, 0.25) is 0 Å². The Balaban J connectivity index is 2.57. The van der Waals surface area contributed by atoms with E-state index in [0.29, 0.717) is 6.04 Å². The molecule has 0 bridgehead atoms.